The van der Waals surface area contributed by atoms with Crippen LogP contribution in [0.25, 0.3) is 11.0 Å². The van der Waals surface area contributed by atoms with Crippen molar-refractivity contribution in [2.45, 2.75) is 20.3 Å². The van der Waals surface area contributed by atoms with Crippen LogP contribution in [0.1, 0.15) is 30.8 Å². The van der Waals surface area contributed by atoms with Gasteiger partial charge < -0.3 is 14.8 Å². The molecule has 20 heavy (non-hydrogen) atoms. The number of carbonyl (C=O) groups excluding carboxylic acids is 1. The molecule has 0 unspecified atom stereocenters. The summed E-state index contributed by atoms with van der Waals surface area (Å²) < 4.78 is 5.37. The maximum Gasteiger partial charge on any atom is 0.287 e. The predicted molar refractivity (Wildman–Crippen MR) is 75.9 cm³/mol. The van der Waals surface area contributed by atoms with Crippen molar-refractivity contribution in [3.63, 3.8) is 0 Å². The van der Waals surface area contributed by atoms with E-state index in [0.29, 0.717) is 17.8 Å². The molecule has 0 aliphatic carbocycles. The normalized spacial score (nSPS) is 10.9. The number of rotatable bonds is 4. The molecule has 0 fully saturated rings. The lowest BCUT2D eigenvalue weighted by Crippen LogP contribution is -2.26. The minimum absolute atomic E-state index is 0.0157. The van der Waals surface area contributed by atoms with Crippen molar-refractivity contribution < 1.29 is 14.3 Å². The van der Waals surface area contributed by atoms with Crippen molar-refractivity contribution >= 4 is 16.9 Å². The van der Waals surface area contributed by atoms with Crippen LogP contribution < -0.4 is 10.7 Å². The van der Waals surface area contributed by atoms with E-state index in [1.807, 2.05) is 0 Å². The molecule has 2 N–H and O–H groups in total. The third-order valence-corrected chi connectivity index (χ3v) is 2.94. The zero-order chi connectivity index (χ0) is 14.7. The average molecular weight is 275 g/mol. The van der Waals surface area contributed by atoms with E-state index in [1.54, 1.807) is 0 Å². The van der Waals surface area contributed by atoms with Gasteiger partial charge in [-0.15, -0.1) is 0 Å². The third kappa shape index (κ3) is 3.17. The lowest BCUT2D eigenvalue weighted by atomic mass is 10.1. The molecule has 1 amide bonds. The Labute approximate surface area is 116 Å². The van der Waals surface area contributed by atoms with Gasteiger partial charge in [-0.3, -0.25) is 9.59 Å². The fourth-order valence-corrected chi connectivity index (χ4v) is 1.82. The van der Waals surface area contributed by atoms with Crippen molar-refractivity contribution in [2.75, 3.05) is 6.54 Å². The Kier molecular flexibility index (Phi) is 4.08. The number of benzene rings is 1. The molecule has 5 nitrogen and oxygen atoms in total. The summed E-state index contributed by atoms with van der Waals surface area (Å²) in [6.45, 7) is 4.65. The van der Waals surface area contributed by atoms with Crippen LogP contribution in [0.4, 0.5) is 0 Å². The number of phenols is 1. The lowest BCUT2D eigenvalue weighted by Gasteiger charge is -2.07. The molecule has 0 atom stereocenters. The first-order valence-corrected chi connectivity index (χ1v) is 6.52. The van der Waals surface area contributed by atoms with Crippen LogP contribution in [0.5, 0.6) is 5.75 Å². The maximum absolute atomic E-state index is 11.9. The van der Waals surface area contributed by atoms with Gasteiger partial charge >= 0.3 is 0 Å². The monoisotopic (exact) mass is 275 g/mol. The van der Waals surface area contributed by atoms with Gasteiger partial charge in [-0.2, -0.15) is 0 Å². The van der Waals surface area contributed by atoms with E-state index in [1.165, 1.54) is 24.3 Å². The van der Waals surface area contributed by atoms with Gasteiger partial charge in [-0.1, -0.05) is 13.8 Å². The van der Waals surface area contributed by atoms with Gasteiger partial charge in [0.15, 0.2) is 11.2 Å². The molecule has 0 aliphatic heterocycles. The van der Waals surface area contributed by atoms with Gasteiger partial charge in [-0.25, -0.2) is 0 Å². The van der Waals surface area contributed by atoms with E-state index in [0.717, 1.165) is 6.42 Å². The molecule has 0 aliphatic rings. The van der Waals surface area contributed by atoms with E-state index >= 15 is 0 Å². The van der Waals surface area contributed by atoms with Crippen LogP contribution >= 0.6 is 0 Å². The zero-order valence-electron chi connectivity index (χ0n) is 11.5. The van der Waals surface area contributed by atoms with Crippen molar-refractivity contribution in [1.29, 1.82) is 0 Å². The Morgan fingerprint density at radius 3 is 2.80 bits per heavy atom. The first-order valence-electron chi connectivity index (χ1n) is 6.52. The molecule has 0 radical (unpaired) electrons. The van der Waals surface area contributed by atoms with Gasteiger partial charge in [-0.05, 0) is 24.5 Å². The second kappa shape index (κ2) is 5.77. The molecule has 0 saturated heterocycles. The summed E-state index contributed by atoms with van der Waals surface area (Å²) in [6, 6.07) is 5.37. The summed E-state index contributed by atoms with van der Waals surface area (Å²) in [5, 5.41) is 12.4. The molecular formula is C15H17NO4. The summed E-state index contributed by atoms with van der Waals surface area (Å²) in [6.07, 6.45) is 0.852. The highest BCUT2D eigenvalue weighted by molar-refractivity contribution is 5.93. The quantitative estimate of drug-likeness (QED) is 0.897. The van der Waals surface area contributed by atoms with Crippen molar-refractivity contribution in [2.24, 2.45) is 5.92 Å². The molecule has 2 aromatic rings. The van der Waals surface area contributed by atoms with Crippen LogP contribution in [0.2, 0.25) is 0 Å². The number of carbonyl (C=O) groups is 1. The van der Waals surface area contributed by atoms with Gasteiger partial charge in [0.05, 0.1) is 5.39 Å². The summed E-state index contributed by atoms with van der Waals surface area (Å²) in [7, 11) is 0. The van der Waals surface area contributed by atoms with Crippen molar-refractivity contribution in [1.82, 2.24) is 5.32 Å². The topological polar surface area (TPSA) is 79.5 Å². The highest BCUT2D eigenvalue weighted by Crippen LogP contribution is 2.18. The smallest absolute Gasteiger partial charge is 0.287 e. The molecule has 1 aromatic heterocycles. The second-order valence-corrected chi connectivity index (χ2v) is 5.09. The Bertz CT molecular complexity index is 688. The Balaban J connectivity index is 2.26. The van der Waals surface area contributed by atoms with E-state index in [9.17, 15) is 14.7 Å². The van der Waals surface area contributed by atoms with Crippen LogP contribution in [-0.4, -0.2) is 17.6 Å². The number of fused-ring (bicyclic) bond motifs is 1. The molecule has 0 bridgehead atoms. The van der Waals surface area contributed by atoms with Crippen LogP contribution in [0.3, 0.4) is 0 Å². The summed E-state index contributed by atoms with van der Waals surface area (Å²) in [4.78, 5) is 23.8. The first kappa shape index (κ1) is 14.1. The van der Waals surface area contributed by atoms with E-state index < -0.39 is 5.91 Å². The fourth-order valence-electron chi connectivity index (χ4n) is 1.82. The first-order chi connectivity index (χ1) is 9.47. The largest absolute Gasteiger partial charge is 0.508 e. The third-order valence-electron chi connectivity index (χ3n) is 2.94. The number of nitrogens with one attached hydrogen (secondary N) is 1. The lowest BCUT2D eigenvalue weighted by molar-refractivity contribution is 0.0925. The number of phenolic OH excluding ortho intramolecular Hbond substituents is 1. The predicted octanol–water partition coefficient (Wildman–Crippen LogP) is 2.27. The van der Waals surface area contributed by atoms with E-state index in [-0.39, 0.29) is 22.5 Å². The molecule has 0 spiro atoms. The summed E-state index contributed by atoms with van der Waals surface area (Å²) >= 11 is 0. The van der Waals surface area contributed by atoms with Crippen LogP contribution in [0, 0.1) is 5.92 Å². The van der Waals surface area contributed by atoms with E-state index in [2.05, 4.69) is 19.2 Å². The number of aromatic hydroxyl groups is 1. The van der Waals surface area contributed by atoms with Crippen LogP contribution in [-0.2, 0) is 0 Å². The number of hydrogen-bond acceptors (Lipinski definition) is 4. The molecule has 1 heterocycles. The van der Waals surface area contributed by atoms with E-state index in [4.69, 9.17) is 4.42 Å². The SMILES string of the molecule is CC(C)CCNC(=O)c1cc(=O)c2ccc(O)cc2o1. The summed E-state index contributed by atoms with van der Waals surface area (Å²) in [5.74, 6) is -0.00118. The van der Waals surface area contributed by atoms with Gasteiger partial charge in [0.1, 0.15) is 11.3 Å². The Morgan fingerprint density at radius 1 is 1.35 bits per heavy atom. The second-order valence-electron chi connectivity index (χ2n) is 5.09. The maximum atomic E-state index is 11.9. The Hall–Kier alpha value is -2.30. The van der Waals surface area contributed by atoms with Crippen molar-refractivity contribution in [3.8, 4) is 5.75 Å². The van der Waals surface area contributed by atoms with Crippen molar-refractivity contribution in [3.05, 3.63) is 40.2 Å². The van der Waals surface area contributed by atoms with Gasteiger partial charge in [0.2, 0.25) is 0 Å². The fraction of sp³-hybridized carbons (Fsp3) is 0.333. The molecular weight excluding hydrogens is 258 g/mol. The van der Waals surface area contributed by atoms with Crippen LogP contribution in [0.15, 0.2) is 33.5 Å². The molecule has 1 aromatic carbocycles. The number of amides is 1. The highest BCUT2D eigenvalue weighted by Gasteiger charge is 2.12. The average Bonchev–Trinajstić information content (AvgIpc) is 2.37. The highest BCUT2D eigenvalue weighted by atomic mass is 16.3. The molecule has 0 saturated carbocycles. The minimum atomic E-state index is -0.423. The standard InChI is InChI=1S/C15H17NO4/c1-9(2)5-6-16-15(19)14-8-12(18)11-4-3-10(17)7-13(11)20-14/h3-4,7-9,17H,5-6H2,1-2H3,(H,16,19). The zero-order valence-corrected chi connectivity index (χ0v) is 11.5. The molecule has 5 heteroatoms. The molecule has 106 valence electrons. The van der Waals surface area contributed by atoms with Gasteiger partial charge in [0, 0.05) is 18.7 Å². The minimum Gasteiger partial charge on any atom is -0.508 e. The number of hydrogen-bond donors (Lipinski definition) is 2. The Morgan fingerprint density at radius 2 is 2.10 bits per heavy atom. The van der Waals surface area contributed by atoms with Gasteiger partial charge in [0.25, 0.3) is 5.91 Å². The molecule has 2 rings (SSSR count). The summed E-state index contributed by atoms with van der Waals surface area (Å²) in [5.41, 5.74) is -0.105.